The molecular formula is C24H25BrN2O5. The van der Waals surface area contributed by atoms with E-state index in [1.165, 1.54) is 0 Å². The van der Waals surface area contributed by atoms with Crippen molar-refractivity contribution < 1.29 is 23.8 Å². The molecule has 0 saturated heterocycles. The Morgan fingerprint density at radius 3 is 2.50 bits per heavy atom. The molecule has 0 spiro atoms. The number of hydrogen-bond donors (Lipinski definition) is 1. The second kappa shape index (κ2) is 8.86. The fourth-order valence-electron chi connectivity index (χ4n) is 3.75. The number of nitrogens with one attached hydrogen (secondary N) is 1. The average molecular weight is 501 g/mol. The second-order valence-corrected chi connectivity index (χ2v) is 8.85. The Bertz CT molecular complexity index is 1110. The van der Waals surface area contributed by atoms with Gasteiger partial charge < -0.3 is 24.4 Å². The van der Waals surface area contributed by atoms with E-state index in [0.717, 1.165) is 15.6 Å². The van der Waals surface area contributed by atoms with Gasteiger partial charge in [0, 0.05) is 36.3 Å². The molecule has 0 aromatic heterocycles. The molecule has 168 valence electrons. The summed E-state index contributed by atoms with van der Waals surface area (Å²) in [5, 5.41) is 2.84. The lowest BCUT2D eigenvalue weighted by Crippen LogP contribution is -2.24. The number of methoxy groups -OCH3 is 1. The smallest absolute Gasteiger partial charge is 0.231 e. The molecular weight excluding hydrogens is 476 g/mol. The summed E-state index contributed by atoms with van der Waals surface area (Å²) < 4.78 is 17.7. The van der Waals surface area contributed by atoms with Crippen molar-refractivity contribution >= 4 is 39.4 Å². The van der Waals surface area contributed by atoms with E-state index >= 15 is 0 Å². The summed E-state index contributed by atoms with van der Waals surface area (Å²) in [5.41, 5.74) is 3.55. The van der Waals surface area contributed by atoms with Crippen molar-refractivity contribution in [3.05, 3.63) is 51.1 Å². The number of likely N-dealkylation sites (N-methyl/N-ethyl adjacent to an activating group) is 1. The molecule has 0 unspecified atom stereocenters. The lowest BCUT2D eigenvalue weighted by molar-refractivity contribution is -0.118. The number of Topliss-reactive ketones (excluding diaryl/α,β-unsaturated/α-hetero) is 1. The van der Waals surface area contributed by atoms with Gasteiger partial charge in [-0.05, 0) is 58.3 Å². The van der Waals surface area contributed by atoms with Crippen molar-refractivity contribution in [1.82, 2.24) is 4.90 Å². The molecule has 2 heterocycles. The normalized spacial score (nSPS) is 14.6. The number of halogens is 1. The number of fused-ring (bicyclic) bond motifs is 2. The van der Waals surface area contributed by atoms with Gasteiger partial charge in [0.25, 0.3) is 0 Å². The first-order chi connectivity index (χ1) is 15.3. The number of benzene rings is 2. The molecule has 0 atom stereocenters. The molecule has 8 heteroatoms. The number of anilines is 1. The number of nitrogens with zero attached hydrogens (tertiary/aromatic N) is 1. The largest absolute Gasteiger partial charge is 0.492 e. The minimum atomic E-state index is -0.119. The predicted octanol–water partition coefficient (Wildman–Crippen LogP) is 4.49. The third-order valence-corrected chi connectivity index (χ3v) is 6.46. The van der Waals surface area contributed by atoms with Crippen molar-refractivity contribution in [1.29, 1.82) is 0 Å². The molecule has 2 aromatic rings. The number of allylic oxidation sites excluding steroid dienone is 1. The van der Waals surface area contributed by atoms with Crippen LogP contribution in [0.25, 0.3) is 6.08 Å². The minimum absolute atomic E-state index is 0.0664. The molecule has 0 aliphatic carbocycles. The van der Waals surface area contributed by atoms with Crippen LogP contribution in [0.5, 0.6) is 17.2 Å². The van der Waals surface area contributed by atoms with Crippen LogP contribution in [0.3, 0.4) is 0 Å². The number of carbonyl (C=O) groups excluding carboxylic acids is 2. The van der Waals surface area contributed by atoms with E-state index in [1.54, 1.807) is 31.4 Å². The number of rotatable bonds is 5. The highest BCUT2D eigenvalue weighted by atomic mass is 79.9. The number of hydrogen-bond acceptors (Lipinski definition) is 6. The van der Waals surface area contributed by atoms with Gasteiger partial charge in [-0.15, -0.1) is 0 Å². The van der Waals surface area contributed by atoms with E-state index in [0.29, 0.717) is 47.2 Å². The Kier molecular flexibility index (Phi) is 6.15. The molecule has 1 N–H and O–H groups in total. The third-order valence-electron chi connectivity index (χ3n) is 5.62. The van der Waals surface area contributed by atoms with Crippen LogP contribution in [0.1, 0.15) is 35.3 Å². The molecule has 0 fully saturated rings. The lowest BCUT2D eigenvalue weighted by Gasteiger charge is -2.20. The first kappa shape index (κ1) is 22.2. The van der Waals surface area contributed by atoms with Gasteiger partial charge in [-0.2, -0.15) is 0 Å². The minimum Gasteiger partial charge on any atom is -0.492 e. The standard InChI is InChI=1S/C24H25BrN2O5/c1-13(2)24(29)26-15-7-5-14(6-8-15)20(28)18-11-17-16(9-10-27(18)3)19(25)22-23(21(17)30-4)32-12-31-22/h5-8,11,13H,9-10,12H2,1-4H3,(H,26,29). The van der Waals surface area contributed by atoms with Crippen LogP contribution in [0, 0.1) is 5.92 Å². The van der Waals surface area contributed by atoms with E-state index in [1.807, 2.05) is 31.9 Å². The highest BCUT2D eigenvalue weighted by Gasteiger charge is 2.31. The van der Waals surface area contributed by atoms with Crippen molar-refractivity contribution in [3.63, 3.8) is 0 Å². The van der Waals surface area contributed by atoms with E-state index in [9.17, 15) is 9.59 Å². The maximum atomic E-state index is 13.4. The fourth-order valence-corrected chi connectivity index (χ4v) is 4.46. The zero-order valence-corrected chi connectivity index (χ0v) is 20.0. The summed E-state index contributed by atoms with van der Waals surface area (Å²) in [6, 6.07) is 6.94. The van der Waals surface area contributed by atoms with Gasteiger partial charge >= 0.3 is 0 Å². The zero-order valence-electron chi connectivity index (χ0n) is 18.5. The van der Waals surface area contributed by atoms with Gasteiger partial charge in [0.05, 0.1) is 17.3 Å². The molecule has 0 bridgehead atoms. The van der Waals surface area contributed by atoms with Gasteiger partial charge in [0.1, 0.15) is 0 Å². The van der Waals surface area contributed by atoms with Gasteiger partial charge in [0.15, 0.2) is 11.5 Å². The van der Waals surface area contributed by atoms with Gasteiger partial charge in [-0.3, -0.25) is 9.59 Å². The van der Waals surface area contributed by atoms with E-state index in [4.69, 9.17) is 14.2 Å². The molecule has 2 aliphatic rings. The topological polar surface area (TPSA) is 77.1 Å². The molecule has 32 heavy (non-hydrogen) atoms. The first-order valence-corrected chi connectivity index (χ1v) is 11.2. The van der Waals surface area contributed by atoms with Crippen LogP contribution < -0.4 is 19.5 Å². The average Bonchev–Trinajstić information content (AvgIpc) is 3.20. The first-order valence-electron chi connectivity index (χ1n) is 10.4. The summed E-state index contributed by atoms with van der Waals surface area (Å²) in [5.74, 6) is 1.43. The van der Waals surface area contributed by atoms with Gasteiger partial charge in [0.2, 0.25) is 24.2 Å². The second-order valence-electron chi connectivity index (χ2n) is 8.06. The predicted molar refractivity (Wildman–Crippen MR) is 125 cm³/mol. The van der Waals surface area contributed by atoms with E-state index in [-0.39, 0.29) is 24.4 Å². The zero-order chi connectivity index (χ0) is 23.0. The fraction of sp³-hybridized carbons (Fsp3) is 0.333. The third kappa shape index (κ3) is 3.95. The molecule has 7 nitrogen and oxygen atoms in total. The molecule has 0 radical (unpaired) electrons. The van der Waals surface area contributed by atoms with E-state index < -0.39 is 0 Å². The quantitative estimate of drug-likeness (QED) is 0.609. The SMILES string of the molecule is COc1c2c(c(Br)c3c1OCO3)CCN(C)C(C(=O)c1ccc(NC(=O)C(C)C)cc1)=C2. The Morgan fingerprint density at radius 2 is 1.84 bits per heavy atom. The highest BCUT2D eigenvalue weighted by Crippen LogP contribution is 2.51. The Morgan fingerprint density at radius 1 is 1.16 bits per heavy atom. The number of ketones is 1. The molecule has 4 rings (SSSR count). The van der Waals surface area contributed by atoms with Crippen LogP contribution in [0.4, 0.5) is 5.69 Å². The highest BCUT2D eigenvalue weighted by molar-refractivity contribution is 9.10. The van der Waals surface area contributed by atoms with Gasteiger partial charge in [-0.1, -0.05) is 13.8 Å². The van der Waals surface area contributed by atoms with Crippen molar-refractivity contribution in [3.8, 4) is 17.2 Å². The summed E-state index contributed by atoms with van der Waals surface area (Å²) in [4.78, 5) is 27.3. The van der Waals surface area contributed by atoms with Crippen LogP contribution in [0.2, 0.25) is 0 Å². The van der Waals surface area contributed by atoms with E-state index in [2.05, 4.69) is 21.2 Å². The summed E-state index contributed by atoms with van der Waals surface area (Å²) in [6.07, 6.45) is 2.55. The summed E-state index contributed by atoms with van der Waals surface area (Å²) >= 11 is 3.65. The Balaban J connectivity index is 1.71. The van der Waals surface area contributed by atoms with Crippen LogP contribution in [-0.4, -0.2) is 44.1 Å². The summed E-state index contributed by atoms with van der Waals surface area (Å²) in [6.45, 7) is 4.44. The number of carbonyl (C=O) groups is 2. The van der Waals surface area contributed by atoms with Gasteiger partial charge in [-0.25, -0.2) is 0 Å². The van der Waals surface area contributed by atoms with Crippen molar-refractivity contribution in [2.45, 2.75) is 20.3 Å². The maximum Gasteiger partial charge on any atom is 0.231 e. The lowest BCUT2D eigenvalue weighted by atomic mass is 10.0. The monoisotopic (exact) mass is 500 g/mol. The van der Waals surface area contributed by atoms with Crippen molar-refractivity contribution in [2.75, 3.05) is 32.8 Å². The van der Waals surface area contributed by atoms with Crippen LogP contribution in [0.15, 0.2) is 34.4 Å². The molecule has 2 aliphatic heterocycles. The number of amides is 1. The molecule has 1 amide bonds. The molecule has 2 aromatic carbocycles. The Hall–Kier alpha value is -3.00. The molecule has 0 saturated carbocycles. The van der Waals surface area contributed by atoms with Crippen LogP contribution in [-0.2, 0) is 11.2 Å². The van der Waals surface area contributed by atoms with Crippen molar-refractivity contribution in [2.24, 2.45) is 5.92 Å². The maximum absolute atomic E-state index is 13.4. The Labute approximate surface area is 195 Å². The summed E-state index contributed by atoms with van der Waals surface area (Å²) in [7, 11) is 3.48. The number of ether oxygens (including phenoxy) is 3. The van der Waals surface area contributed by atoms with Crippen LogP contribution >= 0.6 is 15.9 Å².